The van der Waals surface area contributed by atoms with Gasteiger partial charge in [0.05, 0.1) is 11.5 Å². The summed E-state index contributed by atoms with van der Waals surface area (Å²) in [6.45, 7) is 3.95. The molecular weight excluding hydrogens is 246 g/mol. The number of sulfone groups is 1. The molecule has 3 rings (SSSR count). The van der Waals surface area contributed by atoms with E-state index in [1.165, 1.54) is 11.1 Å². The van der Waals surface area contributed by atoms with Crippen molar-refractivity contribution >= 4 is 9.84 Å². The van der Waals surface area contributed by atoms with Crippen molar-refractivity contribution in [2.75, 3.05) is 24.6 Å². The van der Waals surface area contributed by atoms with Crippen molar-refractivity contribution in [1.82, 2.24) is 5.32 Å². The molecule has 2 aliphatic rings. The van der Waals surface area contributed by atoms with Crippen LogP contribution in [-0.4, -0.2) is 33.0 Å². The second-order valence-electron chi connectivity index (χ2n) is 5.67. The summed E-state index contributed by atoms with van der Waals surface area (Å²) >= 11 is 0. The van der Waals surface area contributed by atoms with Gasteiger partial charge in [0.15, 0.2) is 9.84 Å². The molecular formula is C14H19NO2S. The quantitative estimate of drug-likeness (QED) is 0.876. The van der Waals surface area contributed by atoms with E-state index < -0.39 is 9.84 Å². The SMILES string of the molecule is Cc1ccccc1C1(C2CCS(=O)(=O)C2)CNC1. The summed E-state index contributed by atoms with van der Waals surface area (Å²) in [5.41, 5.74) is 2.67. The Morgan fingerprint density at radius 1 is 1.28 bits per heavy atom. The van der Waals surface area contributed by atoms with Crippen molar-refractivity contribution in [3.05, 3.63) is 35.4 Å². The van der Waals surface area contributed by atoms with E-state index in [0.29, 0.717) is 11.5 Å². The summed E-state index contributed by atoms with van der Waals surface area (Å²) in [6, 6.07) is 8.40. The number of aryl methyl sites for hydroxylation is 1. The highest BCUT2D eigenvalue weighted by Crippen LogP contribution is 2.42. The van der Waals surface area contributed by atoms with Gasteiger partial charge in [-0.2, -0.15) is 0 Å². The Hall–Kier alpha value is -0.870. The minimum absolute atomic E-state index is 0.0505. The van der Waals surface area contributed by atoms with Crippen molar-refractivity contribution in [1.29, 1.82) is 0 Å². The van der Waals surface area contributed by atoms with Crippen molar-refractivity contribution < 1.29 is 8.42 Å². The van der Waals surface area contributed by atoms with Crippen molar-refractivity contribution in [2.45, 2.75) is 18.8 Å². The first kappa shape index (κ1) is 12.2. The van der Waals surface area contributed by atoms with Crippen LogP contribution in [0.2, 0.25) is 0 Å². The predicted octanol–water partition coefficient (Wildman–Crippen LogP) is 1.27. The molecule has 0 aromatic heterocycles. The van der Waals surface area contributed by atoms with E-state index >= 15 is 0 Å². The van der Waals surface area contributed by atoms with Gasteiger partial charge in [-0.25, -0.2) is 8.42 Å². The molecule has 1 unspecified atom stereocenters. The van der Waals surface area contributed by atoms with Gasteiger partial charge in [-0.1, -0.05) is 24.3 Å². The van der Waals surface area contributed by atoms with Gasteiger partial charge in [-0.15, -0.1) is 0 Å². The molecule has 2 aliphatic heterocycles. The Morgan fingerprint density at radius 3 is 2.50 bits per heavy atom. The van der Waals surface area contributed by atoms with E-state index in [0.717, 1.165) is 19.5 Å². The molecule has 0 spiro atoms. The topological polar surface area (TPSA) is 46.2 Å². The number of hydrogen-bond donors (Lipinski definition) is 1. The summed E-state index contributed by atoms with van der Waals surface area (Å²) in [7, 11) is -2.80. The number of nitrogens with one attached hydrogen (secondary N) is 1. The molecule has 0 radical (unpaired) electrons. The van der Waals surface area contributed by atoms with E-state index in [1.54, 1.807) is 0 Å². The maximum absolute atomic E-state index is 11.7. The molecule has 4 heteroatoms. The summed E-state index contributed by atoms with van der Waals surface area (Å²) < 4.78 is 23.4. The normalized spacial score (nSPS) is 28.8. The van der Waals surface area contributed by atoms with Gasteiger partial charge in [0.2, 0.25) is 0 Å². The molecule has 0 bridgehead atoms. The summed E-state index contributed by atoms with van der Waals surface area (Å²) in [4.78, 5) is 0. The largest absolute Gasteiger partial charge is 0.315 e. The van der Waals surface area contributed by atoms with Gasteiger partial charge in [-0.3, -0.25) is 0 Å². The zero-order chi connectivity index (χ0) is 12.8. The van der Waals surface area contributed by atoms with Gasteiger partial charge in [0, 0.05) is 18.5 Å². The van der Waals surface area contributed by atoms with E-state index in [2.05, 4.69) is 30.4 Å². The molecule has 3 nitrogen and oxygen atoms in total. The standard InChI is InChI=1S/C14H19NO2S/c1-11-4-2-3-5-13(11)14(9-15-10-14)12-6-7-18(16,17)8-12/h2-5,12,15H,6-10H2,1H3. The molecule has 1 atom stereocenters. The second-order valence-corrected chi connectivity index (χ2v) is 7.90. The molecule has 0 aliphatic carbocycles. The third-order valence-electron chi connectivity index (χ3n) is 4.58. The molecule has 1 N–H and O–H groups in total. The fraction of sp³-hybridized carbons (Fsp3) is 0.571. The van der Waals surface area contributed by atoms with Crippen molar-refractivity contribution in [2.24, 2.45) is 5.92 Å². The Balaban J connectivity index is 1.99. The number of benzene rings is 1. The highest BCUT2D eigenvalue weighted by atomic mass is 32.2. The molecule has 1 aromatic carbocycles. The van der Waals surface area contributed by atoms with Gasteiger partial charge >= 0.3 is 0 Å². The molecule has 0 amide bonds. The zero-order valence-corrected chi connectivity index (χ0v) is 11.5. The Labute approximate surface area is 109 Å². The Bertz CT molecular complexity index is 561. The first-order chi connectivity index (χ1) is 8.54. The maximum Gasteiger partial charge on any atom is 0.150 e. The van der Waals surface area contributed by atoms with Crippen molar-refractivity contribution in [3.63, 3.8) is 0 Å². The maximum atomic E-state index is 11.7. The number of rotatable bonds is 2. The lowest BCUT2D eigenvalue weighted by Gasteiger charge is -2.48. The van der Waals surface area contributed by atoms with Gasteiger partial charge in [0.1, 0.15) is 0 Å². The Morgan fingerprint density at radius 2 is 2.00 bits per heavy atom. The highest BCUT2D eigenvalue weighted by molar-refractivity contribution is 7.91. The van der Waals surface area contributed by atoms with Gasteiger partial charge in [-0.05, 0) is 30.4 Å². The molecule has 98 valence electrons. The minimum Gasteiger partial charge on any atom is -0.315 e. The van der Waals surface area contributed by atoms with Gasteiger partial charge in [0.25, 0.3) is 0 Å². The van der Waals surface area contributed by atoms with E-state index in [4.69, 9.17) is 0 Å². The second kappa shape index (κ2) is 4.07. The minimum atomic E-state index is -2.80. The predicted molar refractivity (Wildman–Crippen MR) is 72.5 cm³/mol. The van der Waals surface area contributed by atoms with Crippen LogP contribution in [-0.2, 0) is 15.3 Å². The van der Waals surface area contributed by atoms with Crippen LogP contribution in [0.1, 0.15) is 17.5 Å². The first-order valence-electron chi connectivity index (χ1n) is 6.51. The smallest absolute Gasteiger partial charge is 0.150 e. The molecule has 0 saturated carbocycles. The summed E-state index contributed by atoms with van der Waals surface area (Å²) in [6.07, 6.45) is 0.818. The lowest BCUT2D eigenvalue weighted by Crippen LogP contribution is -2.61. The molecule has 2 saturated heterocycles. The molecule has 2 fully saturated rings. The Kier molecular flexibility index (Phi) is 2.75. The van der Waals surface area contributed by atoms with E-state index in [9.17, 15) is 8.42 Å². The van der Waals surface area contributed by atoms with Crippen LogP contribution in [0.25, 0.3) is 0 Å². The van der Waals surface area contributed by atoms with E-state index in [1.807, 2.05) is 6.07 Å². The highest BCUT2D eigenvalue weighted by Gasteiger charge is 2.49. The van der Waals surface area contributed by atoms with Crippen LogP contribution in [0.3, 0.4) is 0 Å². The van der Waals surface area contributed by atoms with Crippen LogP contribution in [0, 0.1) is 12.8 Å². The first-order valence-corrected chi connectivity index (χ1v) is 8.33. The number of hydrogen-bond acceptors (Lipinski definition) is 3. The molecule has 18 heavy (non-hydrogen) atoms. The van der Waals surface area contributed by atoms with Crippen LogP contribution in [0.15, 0.2) is 24.3 Å². The summed E-state index contributed by atoms with van der Waals surface area (Å²) in [5, 5.41) is 3.34. The lowest BCUT2D eigenvalue weighted by molar-refractivity contribution is 0.189. The molecule has 2 heterocycles. The van der Waals surface area contributed by atoms with Crippen LogP contribution in [0.4, 0.5) is 0 Å². The average Bonchev–Trinajstić information content (AvgIpc) is 2.60. The third-order valence-corrected chi connectivity index (χ3v) is 6.34. The average molecular weight is 265 g/mol. The van der Waals surface area contributed by atoms with Crippen molar-refractivity contribution in [3.8, 4) is 0 Å². The zero-order valence-electron chi connectivity index (χ0n) is 10.6. The van der Waals surface area contributed by atoms with Crippen LogP contribution < -0.4 is 5.32 Å². The fourth-order valence-corrected chi connectivity index (χ4v) is 5.36. The summed E-state index contributed by atoms with van der Waals surface area (Å²) in [5.74, 6) is 1.01. The molecule has 1 aromatic rings. The van der Waals surface area contributed by atoms with Gasteiger partial charge < -0.3 is 5.32 Å². The fourth-order valence-electron chi connectivity index (χ4n) is 3.46. The monoisotopic (exact) mass is 265 g/mol. The third kappa shape index (κ3) is 1.79. The van der Waals surface area contributed by atoms with Crippen LogP contribution >= 0.6 is 0 Å². The van der Waals surface area contributed by atoms with Crippen LogP contribution in [0.5, 0.6) is 0 Å². The van der Waals surface area contributed by atoms with E-state index in [-0.39, 0.29) is 11.3 Å². The lowest BCUT2D eigenvalue weighted by atomic mass is 9.64.